The number of ether oxygens (including phenoxy) is 1. The van der Waals surface area contributed by atoms with Crippen molar-refractivity contribution in [3.8, 4) is 5.75 Å². The van der Waals surface area contributed by atoms with Crippen LogP contribution in [0.1, 0.15) is 24.3 Å². The second-order valence-corrected chi connectivity index (χ2v) is 7.95. The smallest absolute Gasteiger partial charge is 0.161 e. The zero-order chi connectivity index (χ0) is 18.1. The third kappa shape index (κ3) is 3.53. The SMILES string of the molecule is COc1c(Cl)[c]ccc1N1CCN2C[C@@H](c3ccc(Cl)cc3)CC[C@@H]2C1. The molecule has 2 saturated heterocycles. The van der Waals surface area contributed by atoms with Gasteiger partial charge in [0, 0.05) is 43.3 Å². The van der Waals surface area contributed by atoms with Crippen LogP contribution >= 0.6 is 23.2 Å². The van der Waals surface area contributed by atoms with Gasteiger partial charge in [-0.1, -0.05) is 41.4 Å². The maximum absolute atomic E-state index is 6.26. The molecule has 2 atom stereocenters. The number of piperidine rings is 1. The number of methoxy groups -OCH3 is 1. The van der Waals surface area contributed by atoms with E-state index < -0.39 is 0 Å². The predicted octanol–water partition coefficient (Wildman–Crippen LogP) is 4.87. The lowest BCUT2D eigenvalue weighted by Crippen LogP contribution is -2.56. The van der Waals surface area contributed by atoms with E-state index in [1.54, 1.807) is 7.11 Å². The highest BCUT2D eigenvalue weighted by Crippen LogP contribution is 2.38. The Morgan fingerprint density at radius 3 is 2.62 bits per heavy atom. The first-order valence-corrected chi connectivity index (χ1v) is 9.90. The van der Waals surface area contributed by atoms with Gasteiger partial charge in [-0.3, -0.25) is 4.90 Å². The Morgan fingerprint density at radius 1 is 1.04 bits per heavy atom. The van der Waals surface area contributed by atoms with Gasteiger partial charge in [0.05, 0.1) is 17.8 Å². The minimum atomic E-state index is 0.555. The summed E-state index contributed by atoms with van der Waals surface area (Å²) in [6.07, 6.45) is 2.43. The summed E-state index contributed by atoms with van der Waals surface area (Å²) >= 11 is 12.3. The molecule has 4 rings (SSSR count). The van der Waals surface area contributed by atoms with Crippen molar-refractivity contribution in [1.29, 1.82) is 0 Å². The van der Waals surface area contributed by atoms with Crippen molar-refractivity contribution in [2.45, 2.75) is 24.8 Å². The van der Waals surface area contributed by atoms with E-state index in [1.807, 2.05) is 18.2 Å². The summed E-state index contributed by atoms with van der Waals surface area (Å²) in [5.41, 5.74) is 2.48. The van der Waals surface area contributed by atoms with Crippen molar-refractivity contribution in [1.82, 2.24) is 4.90 Å². The van der Waals surface area contributed by atoms with Gasteiger partial charge in [-0.05, 0) is 42.5 Å². The fourth-order valence-electron chi connectivity index (χ4n) is 4.29. The fraction of sp³-hybridized carbons (Fsp3) is 0.429. The van der Waals surface area contributed by atoms with Gasteiger partial charge < -0.3 is 9.64 Å². The fourth-order valence-corrected chi connectivity index (χ4v) is 4.65. The number of rotatable bonds is 3. The summed E-state index contributed by atoms with van der Waals surface area (Å²) in [6, 6.07) is 15.9. The van der Waals surface area contributed by atoms with E-state index in [0.717, 1.165) is 42.6 Å². The van der Waals surface area contributed by atoms with Crippen LogP contribution < -0.4 is 9.64 Å². The first-order chi connectivity index (χ1) is 12.7. The van der Waals surface area contributed by atoms with Gasteiger partial charge in [0.25, 0.3) is 0 Å². The summed E-state index contributed by atoms with van der Waals surface area (Å²) in [7, 11) is 1.67. The quantitative estimate of drug-likeness (QED) is 0.744. The van der Waals surface area contributed by atoms with Gasteiger partial charge in [0.15, 0.2) is 5.75 Å². The molecule has 26 heavy (non-hydrogen) atoms. The second-order valence-electron chi connectivity index (χ2n) is 7.13. The van der Waals surface area contributed by atoms with Crippen LogP contribution in [0.4, 0.5) is 5.69 Å². The molecule has 0 amide bonds. The number of hydrogen-bond donors (Lipinski definition) is 0. The number of anilines is 1. The molecule has 2 heterocycles. The number of benzene rings is 2. The molecule has 0 spiro atoms. The maximum Gasteiger partial charge on any atom is 0.161 e. The Kier molecular flexibility index (Phi) is 5.30. The van der Waals surface area contributed by atoms with Gasteiger partial charge in [-0.25, -0.2) is 0 Å². The average molecular weight is 390 g/mol. The van der Waals surface area contributed by atoms with E-state index in [0.29, 0.717) is 17.0 Å². The largest absolute Gasteiger partial charge is 0.493 e. The van der Waals surface area contributed by atoms with Crippen molar-refractivity contribution >= 4 is 28.9 Å². The molecule has 0 aromatic heterocycles. The normalized spacial score (nSPS) is 23.6. The molecule has 0 unspecified atom stereocenters. The first kappa shape index (κ1) is 18.0. The highest BCUT2D eigenvalue weighted by Gasteiger charge is 2.34. The van der Waals surface area contributed by atoms with Crippen LogP contribution in [-0.4, -0.2) is 44.2 Å². The summed E-state index contributed by atoms with van der Waals surface area (Å²) < 4.78 is 5.52. The number of halogens is 2. The molecule has 2 aromatic carbocycles. The molecule has 5 heteroatoms. The molecule has 0 bridgehead atoms. The molecular formula is C21H23Cl2N2O. The van der Waals surface area contributed by atoms with Gasteiger partial charge in [-0.15, -0.1) is 0 Å². The van der Waals surface area contributed by atoms with Gasteiger partial charge in [-0.2, -0.15) is 0 Å². The first-order valence-electron chi connectivity index (χ1n) is 9.14. The van der Waals surface area contributed by atoms with Gasteiger partial charge in [0.2, 0.25) is 0 Å². The monoisotopic (exact) mass is 389 g/mol. The molecule has 137 valence electrons. The highest BCUT2D eigenvalue weighted by atomic mass is 35.5. The molecule has 2 fully saturated rings. The zero-order valence-corrected chi connectivity index (χ0v) is 16.4. The minimum Gasteiger partial charge on any atom is -0.493 e. The zero-order valence-electron chi connectivity index (χ0n) is 14.9. The van der Waals surface area contributed by atoms with Crippen molar-refractivity contribution in [2.75, 3.05) is 38.2 Å². The topological polar surface area (TPSA) is 15.7 Å². The van der Waals surface area contributed by atoms with Crippen LogP contribution in [0.5, 0.6) is 5.75 Å². The lowest BCUT2D eigenvalue weighted by molar-refractivity contribution is 0.119. The Hall–Kier alpha value is -1.42. The lowest BCUT2D eigenvalue weighted by Gasteiger charge is -2.47. The summed E-state index contributed by atoms with van der Waals surface area (Å²) in [6.45, 7) is 4.19. The molecular weight excluding hydrogens is 367 g/mol. The Morgan fingerprint density at radius 2 is 1.85 bits per heavy atom. The molecule has 0 aliphatic carbocycles. The maximum atomic E-state index is 6.26. The lowest BCUT2D eigenvalue weighted by atomic mass is 9.86. The third-order valence-electron chi connectivity index (χ3n) is 5.68. The number of fused-ring (bicyclic) bond motifs is 1. The van der Waals surface area contributed by atoms with Crippen LogP contribution in [-0.2, 0) is 0 Å². The summed E-state index contributed by atoms with van der Waals surface area (Å²) in [5, 5.41) is 1.36. The van der Waals surface area contributed by atoms with E-state index in [2.05, 4.69) is 34.1 Å². The predicted molar refractivity (Wildman–Crippen MR) is 108 cm³/mol. The van der Waals surface area contributed by atoms with E-state index in [-0.39, 0.29) is 0 Å². The van der Waals surface area contributed by atoms with E-state index in [9.17, 15) is 0 Å². The number of hydrogen-bond acceptors (Lipinski definition) is 3. The molecule has 1 radical (unpaired) electrons. The van der Waals surface area contributed by atoms with Crippen LogP contribution in [0.15, 0.2) is 36.4 Å². The van der Waals surface area contributed by atoms with Gasteiger partial charge >= 0.3 is 0 Å². The third-order valence-corrected chi connectivity index (χ3v) is 6.21. The molecule has 2 aromatic rings. The number of piperazine rings is 1. The minimum absolute atomic E-state index is 0.555. The molecule has 0 N–H and O–H groups in total. The Labute approximate surface area is 165 Å². The molecule has 3 nitrogen and oxygen atoms in total. The molecule has 2 aliphatic rings. The van der Waals surface area contributed by atoms with E-state index in [4.69, 9.17) is 27.9 Å². The van der Waals surface area contributed by atoms with Crippen molar-refractivity contribution < 1.29 is 4.74 Å². The Bertz CT molecular complexity index is 765. The van der Waals surface area contributed by atoms with Crippen molar-refractivity contribution in [3.05, 3.63) is 58.1 Å². The molecule has 2 aliphatic heterocycles. The summed E-state index contributed by atoms with van der Waals surface area (Å²) in [4.78, 5) is 5.05. The Balaban J connectivity index is 1.45. The van der Waals surface area contributed by atoms with Crippen LogP contribution in [0.2, 0.25) is 10.0 Å². The molecule has 0 saturated carbocycles. The van der Waals surface area contributed by atoms with E-state index in [1.165, 1.54) is 18.4 Å². The standard InChI is InChI=1S/C21H23Cl2N2O/c1-26-21-19(23)3-2-4-20(21)25-12-11-24-13-16(7-10-18(24)14-25)15-5-8-17(22)9-6-15/h2,4-6,8-9,16,18H,7,10-14H2,1H3/t16-,18+/m0/s1. The van der Waals surface area contributed by atoms with Crippen LogP contribution in [0.25, 0.3) is 0 Å². The van der Waals surface area contributed by atoms with Gasteiger partial charge in [0.1, 0.15) is 0 Å². The number of nitrogens with zero attached hydrogens (tertiary/aromatic N) is 2. The summed E-state index contributed by atoms with van der Waals surface area (Å²) in [5.74, 6) is 1.34. The van der Waals surface area contributed by atoms with Crippen molar-refractivity contribution in [2.24, 2.45) is 0 Å². The van der Waals surface area contributed by atoms with Crippen molar-refractivity contribution in [3.63, 3.8) is 0 Å². The van der Waals surface area contributed by atoms with E-state index >= 15 is 0 Å². The van der Waals surface area contributed by atoms with Crippen LogP contribution in [0.3, 0.4) is 0 Å². The van der Waals surface area contributed by atoms with Crippen LogP contribution in [0, 0.1) is 6.07 Å². The average Bonchev–Trinajstić information content (AvgIpc) is 2.67. The highest BCUT2D eigenvalue weighted by molar-refractivity contribution is 6.32. The second kappa shape index (κ2) is 7.67.